The van der Waals surface area contributed by atoms with Gasteiger partial charge in [-0.3, -0.25) is 4.79 Å². The number of aromatic nitrogens is 1. The first kappa shape index (κ1) is 17.9. The van der Waals surface area contributed by atoms with Crippen molar-refractivity contribution >= 4 is 28.2 Å². The predicted octanol–water partition coefficient (Wildman–Crippen LogP) is 6.58. The molecule has 1 aromatic heterocycles. The molecule has 1 heterocycles. The van der Waals surface area contributed by atoms with Crippen LogP contribution in [0.3, 0.4) is 0 Å². The lowest BCUT2D eigenvalue weighted by molar-refractivity contribution is 0.0281. The second-order valence-corrected chi connectivity index (χ2v) is 9.43. The van der Waals surface area contributed by atoms with E-state index in [4.69, 9.17) is 11.6 Å². The summed E-state index contributed by atoms with van der Waals surface area (Å²) < 4.78 is 2.08. The van der Waals surface area contributed by atoms with Crippen molar-refractivity contribution in [2.45, 2.75) is 26.4 Å². The summed E-state index contributed by atoms with van der Waals surface area (Å²) in [7, 11) is 0. The van der Waals surface area contributed by atoms with E-state index in [-0.39, 0.29) is 5.78 Å². The van der Waals surface area contributed by atoms with Gasteiger partial charge in [-0.15, -0.1) is 0 Å². The van der Waals surface area contributed by atoms with Crippen LogP contribution in [-0.2, 0) is 0 Å². The highest BCUT2D eigenvalue weighted by atomic mass is 35.5. The summed E-state index contributed by atoms with van der Waals surface area (Å²) in [5.41, 5.74) is 5.82. The number of halogens is 1. The second kappa shape index (κ2) is 5.84. The quantitative estimate of drug-likeness (QED) is 0.337. The van der Waals surface area contributed by atoms with E-state index in [1.165, 1.54) is 5.39 Å². The van der Waals surface area contributed by atoms with Gasteiger partial charge in [0.1, 0.15) is 6.10 Å². The Bertz CT molecular complexity index is 1370. The third kappa shape index (κ3) is 2.17. The SMILES string of the molecule is CC1(C)CC(=O)c2c3c(n(-c4ccc(Cl)cc4)c2C1O)-c1cccc2cccc-3c12. The summed E-state index contributed by atoms with van der Waals surface area (Å²) >= 11 is 6.16. The van der Waals surface area contributed by atoms with E-state index in [0.29, 0.717) is 22.7 Å². The molecule has 4 aromatic rings. The smallest absolute Gasteiger partial charge is 0.166 e. The van der Waals surface area contributed by atoms with Crippen LogP contribution in [0.1, 0.15) is 42.4 Å². The largest absolute Gasteiger partial charge is 0.386 e. The highest BCUT2D eigenvalue weighted by Gasteiger charge is 2.46. The Labute approximate surface area is 179 Å². The van der Waals surface area contributed by atoms with Crippen molar-refractivity contribution in [3.05, 3.63) is 76.9 Å². The molecule has 0 saturated heterocycles. The third-order valence-electron chi connectivity index (χ3n) is 6.62. The van der Waals surface area contributed by atoms with E-state index in [9.17, 15) is 9.90 Å². The van der Waals surface area contributed by atoms with E-state index in [0.717, 1.165) is 33.5 Å². The molecule has 0 fully saturated rings. The van der Waals surface area contributed by atoms with Crippen molar-refractivity contribution in [2.24, 2.45) is 5.41 Å². The Morgan fingerprint density at radius 1 is 0.967 bits per heavy atom. The lowest BCUT2D eigenvalue weighted by atomic mass is 9.73. The highest BCUT2D eigenvalue weighted by Crippen LogP contribution is 2.56. The third-order valence-corrected chi connectivity index (χ3v) is 6.87. The number of fused-ring (bicyclic) bond motifs is 5. The molecule has 0 saturated carbocycles. The molecule has 0 amide bonds. The zero-order chi connectivity index (χ0) is 20.8. The van der Waals surface area contributed by atoms with Gasteiger partial charge in [-0.2, -0.15) is 0 Å². The van der Waals surface area contributed by atoms with Crippen LogP contribution in [-0.4, -0.2) is 15.5 Å². The fourth-order valence-corrected chi connectivity index (χ4v) is 5.35. The van der Waals surface area contributed by atoms with Gasteiger partial charge in [0.2, 0.25) is 0 Å². The molecule has 1 N–H and O–H groups in total. The molecule has 1 atom stereocenters. The fraction of sp³-hybridized carbons (Fsp3) is 0.192. The standard InChI is InChI=1S/C26H20ClNO2/c1-26(2)13-19(29)22-21-17-7-3-5-14-6-4-8-18(20(14)17)23(21)28(24(22)25(26)30)16-11-9-15(27)10-12-16/h3-12,25,30H,13H2,1-2H3. The number of aliphatic hydroxyl groups excluding tert-OH is 1. The molecule has 2 aliphatic carbocycles. The van der Waals surface area contributed by atoms with Crippen molar-refractivity contribution < 1.29 is 9.90 Å². The Balaban J connectivity index is 1.80. The first-order valence-corrected chi connectivity index (χ1v) is 10.5. The summed E-state index contributed by atoms with van der Waals surface area (Å²) in [5, 5.41) is 14.4. The molecule has 0 spiro atoms. The van der Waals surface area contributed by atoms with Gasteiger partial charge in [0.25, 0.3) is 0 Å². The maximum atomic E-state index is 13.4. The minimum Gasteiger partial charge on any atom is -0.386 e. The van der Waals surface area contributed by atoms with Gasteiger partial charge in [-0.05, 0) is 40.6 Å². The summed E-state index contributed by atoms with van der Waals surface area (Å²) in [5.74, 6) is 0.0917. The zero-order valence-electron chi connectivity index (χ0n) is 16.7. The number of hydrogen-bond donors (Lipinski definition) is 1. The van der Waals surface area contributed by atoms with E-state index < -0.39 is 11.5 Å². The number of benzene rings is 3. The van der Waals surface area contributed by atoms with Crippen LogP contribution >= 0.6 is 11.6 Å². The molecule has 30 heavy (non-hydrogen) atoms. The van der Waals surface area contributed by atoms with Gasteiger partial charge in [0.05, 0.1) is 17.0 Å². The van der Waals surface area contributed by atoms with Gasteiger partial charge in [-0.1, -0.05) is 61.8 Å². The molecule has 3 aromatic carbocycles. The number of hydrogen-bond acceptors (Lipinski definition) is 2. The molecule has 148 valence electrons. The number of rotatable bonds is 1. The number of carbonyl (C=O) groups is 1. The van der Waals surface area contributed by atoms with Gasteiger partial charge in [-0.25, -0.2) is 0 Å². The van der Waals surface area contributed by atoms with E-state index in [1.807, 2.05) is 44.2 Å². The lowest BCUT2D eigenvalue weighted by Crippen LogP contribution is -2.33. The van der Waals surface area contributed by atoms with Crippen molar-refractivity contribution in [3.63, 3.8) is 0 Å². The van der Waals surface area contributed by atoms with Crippen LogP contribution in [0.2, 0.25) is 5.02 Å². The molecular formula is C26H20ClNO2. The molecule has 6 rings (SSSR count). The van der Waals surface area contributed by atoms with E-state index >= 15 is 0 Å². The summed E-state index contributed by atoms with van der Waals surface area (Å²) in [6, 6.07) is 20.1. The molecular weight excluding hydrogens is 394 g/mol. The van der Waals surface area contributed by atoms with Crippen LogP contribution in [0.4, 0.5) is 0 Å². The van der Waals surface area contributed by atoms with Crippen LogP contribution in [0.25, 0.3) is 38.8 Å². The number of ketones is 1. The maximum Gasteiger partial charge on any atom is 0.166 e. The first-order chi connectivity index (χ1) is 14.4. The summed E-state index contributed by atoms with van der Waals surface area (Å²) in [6.07, 6.45) is -0.428. The van der Waals surface area contributed by atoms with Crippen molar-refractivity contribution in [2.75, 3.05) is 0 Å². The Morgan fingerprint density at radius 2 is 1.63 bits per heavy atom. The predicted molar refractivity (Wildman–Crippen MR) is 120 cm³/mol. The zero-order valence-corrected chi connectivity index (χ0v) is 17.5. The van der Waals surface area contributed by atoms with Gasteiger partial charge >= 0.3 is 0 Å². The summed E-state index contributed by atoms with van der Waals surface area (Å²) in [6.45, 7) is 3.91. The number of Topliss-reactive ketones (excluding diaryl/α,β-unsaturated/α-hetero) is 1. The highest BCUT2D eigenvalue weighted by molar-refractivity contribution is 6.30. The van der Waals surface area contributed by atoms with Crippen molar-refractivity contribution in [3.8, 4) is 28.1 Å². The second-order valence-electron chi connectivity index (χ2n) is 9.00. The topological polar surface area (TPSA) is 42.2 Å². The normalized spacial score (nSPS) is 18.5. The number of aliphatic hydroxyl groups is 1. The van der Waals surface area contributed by atoms with Gasteiger partial charge in [0.15, 0.2) is 5.78 Å². The van der Waals surface area contributed by atoms with Crippen LogP contribution < -0.4 is 0 Å². The first-order valence-electron chi connectivity index (χ1n) is 10.2. The van der Waals surface area contributed by atoms with E-state index in [2.05, 4.69) is 34.9 Å². The van der Waals surface area contributed by atoms with E-state index in [1.54, 1.807) is 0 Å². The molecule has 1 unspecified atom stereocenters. The maximum absolute atomic E-state index is 13.4. The van der Waals surface area contributed by atoms with Crippen molar-refractivity contribution in [1.29, 1.82) is 0 Å². The molecule has 4 heteroatoms. The molecule has 0 radical (unpaired) electrons. The van der Waals surface area contributed by atoms with Crippen LogP contribution in [0.15, 0.2) is 60.7 Å². The Kier molecular flexibility index (Phi) is 3.49. The Hall–Kier alpha value is -2.88. The average Bonchev–Trinajstić information content (AvgIpc) is 3.23. The molecule has 2 aliphatic rings. The number of carbonyl (C=O) groups excluding carboxylic acids is 1. The summed E-state index contributed by atoms with van der Waals surface area (Å²) in [4.78, 5) is 13.4. The number of nitrogens with zero attached hydrogens (tertiary/aromatic N) is 1. The lowest BCUT2D eigenvalue weighted by Gasteiger charge is -2.35. The molecule has 0 aliphatic heterocycles. The Morgan fingerprint density at radius 3 is 2.33 bits per heavy atom. The van der Waals surface area contributed by atoms with Crippen LogP contribution in [0, 0.1) is 5.41 Å². The van der Waals surface area contributed by atoms with Gasteiger partial charge in [0, 0.05) is 33.7 Å². The molecule has 0 bridgehead atoms. The average molecular weight is 414 g/mol. The van der Waals surface area contributed by atoms with Crippen molar-refractivity contribution in [1.82, 2.24) is 4.57 Å². The minimum absolute atomic E-state index is 0.0917. The minimum atomic E-state index is -0.752. The van der Waals surface area contributed by atoms with Crippen LogP contribution in [0.5, 0.6) is 0 Å². The monoisotopic (exact) mass is 413 g/mol. The fourth-order valence-electron chi connectivity index (χ4n) is 5.22. The van der Waals surface area contributed by atoms with Gasteiger partial charge < -0.3 is 9.67 Å². The molecule has 3 nitrogen and oxygen atoms in total.